The maximum atomic E-state index is 10.7. The largest absolute Gasteiger partial charge is 0.383 e. The summed E-state index contributed by atoms with van der Waals surface area (Å²) in [5.41, 5.74) is 2.80. The maximum absolute atomic E-state index is 10.7. The molecule has 2 aromatic heterocycles. The summed E-state index contributed by atoms with van der Waals surface area (Å²) in [5.74, 6) is 0. The first-order chi connectivity index (χ1) is 11.2. The molecule has 0 spiro atoms. The highest BCUT2D eigenvalue weighted by Gasteiger charge is 2.32. The molecule has 0 unspecified atom stereocenters. The molecule has 3 heterocycles. The molecule has 1 saturated heterocycles. The van der Waals surface area contributed by atoms with Gasteiger partial charge in [-0.05, 0) is 50.2 Å². The highest BCUT2D eigenvalue weighted by atomic mass is 16.3. The molecular weight excluding hydrogens is 286 g/mol. The van der Waals surface area contributed by atoms with Crippen molar-refractivity contribution >= 4 is 10.9 Å². The van der Waals surface area contributed by atoms with Crippen LogP contribution in [0.25, 0.3) is 22.2 Å². The lowest BCUT2D eigenvalue weighted by molar-refractivity contribution is 0.00190. The van der Waals surface area contributed by atoms with Gasteiger partial charge in [0.05, 0.1) is 16.9 Å². The van der Waals surface area contributed by atoms with Crippen LogP contribution in [-0.4, -0.2) is 28.2 Å². The fraction of sp³-hybridized carbons (Fsp3) is 0.263. The predicted octanol–water partition coefficient (Wildman–Crippen LogP) is 2.87. The lowest BCUT2D eigenvalue weighted by Gasteiger charge is -2.32. The van der Waals surface area contributed by atoms with Crippen LogP contribution in [-0.2, 0) is 5.60 Å². The number of piperidine rings is 1. The molecule has 1 aliphatic heterocycles. The lowest BCUT2D eigenvalue weighted by Crippen LogP contribution is -2.40. The number of para-hydroxylation sites is 1. The number of aromatic nitrogens is 2. The van der Waals surface area contributed by atoms with Crippen molar-refractivity contribution in [1.29, 1.82) is 0 Å². The summed E-state index contributed by atoms with van der Waals surface area (Å²) in [7, 11) is 0. The molecule has 23 heavy (non-hydrogen) atoms. The van der Waals surface area contributed by atoms with Crippen LogP contribution in [0, 0.1) is 0 Å². The number of nitrogens with zero attached hydrogens (tertiary/aromatic N) is 2. The number of nitrogens with one attached hydrogen (secondary N) is 1. The Bertz CT molecular complexity index is 823. The molecule has 4 rings (SSSR count). The average Bonchev–Trinajstić information content (AvgIpc) is 2.62. The van der Waals surface area contributed by atoms with Crippen molar-refractivity contribution in [3.8, 4) is 11.3 Å². The molecule has 3 aromatic rings. The fourth-order valence-electron chi connectivity index (χ4n) is 3.14. The molecule has 0 aliphatic carbocycles. The third-order valence-electron chi connectivity index (χ3n) is 4.57. The SMILES string of the molecule is OC1(c2ccc(-c3ccc4ccccc4n3)cn2)CCNCC1. The summed E-state index contributed by atoms with van der Waals surface area (Å²) in [6.07, 6.45) is 3.22. The quantitative estimate of drug-likeness (QED) is 0.764. The van der Waals surface area contributed by atoms with Crippen LogP contribution >= 0.6 is 0 Å². The molecule has 1 fully saturated rings. The first-order valence-electron chi connectivity index (χ1n) is 8.00. The van der Waals surface area contributed by atoms with E-state index in [1.165, 1.54) is 0 Å². The van der Waals surface area contributed by atoms with Gasteiger partial charge in [0, 0.05) is 17.1 Å². The standard InChI is InChI=1S/C19H19N3O/c23-19(9-11-20-12-10-19)18-8-6-15(13-21-18)17-7-5-14-3-1-2-4-16(14)22-17/h1-8,13,20,23H,9-12H2. The van der Waals surface area contributed by atoms with Crippen molar-refractivity contribution in [1.82, 2.24) is 15.3 Å². The Hall–Kier alpha value is -2.30. The van der Waals surface area contributed by atoms with Gasteiger partial charge in [-0.2, -0.15) is 0 Å². The third kappa shape index (κ3) is 2.71. The zero-order valence-corrected chi connectivity index (χ0v) is 12.9. The normalized spacial score (nSPS) is 17.3. The first-order valence-corrected chi connectivity index (χ1v) is 8.00. The van der Waals surface area contributed by atoms with E-state index < -0.39 is 5.60 Å². The molecule has 4 heteroatoms. The van der Waals surface area contributed by atoms with Gasteiger partial charge in [0.1, 0.15) is 5.60 Å². The molecule has 0 amide bonds. The summed E-state index contributed by atoms with van der Waals surface area (Å²) >= 11 is 0. The Kier molecular flexibility index (Phi) is 3.56. The third-order valence-corrected chi connectivity index (χ3v) is 4.57. The van der Waals surface area contributed by atoms with Crippen LogP contribution in [0.3, 0.4) is 0 Å². The number of pyridine rings is 2. The predicted molar refractivity (Wildman–Crippen MR) is 91.0 cm³/mol. The van der Waals surface area contributed by atoms with E-state index in [1.807, 2.05) is 42.6 Å². The van der Waals surface area contributed by atoms with Crippen LogP contribution in [0.1, 0.15) is 18.5 Å². The summed E-state index contributed by atoms with van der Waals surface area (Å²) in [6.45, 7) is 1.65. The van der Waals surface area contributed by atoms with Gasteiger partial charge in [-0.1, -0.05) is 24.3 Å². The van der Waals surface area contributed by atoms with E-state index >= 15 is 0 Å². The van der Waals surface area contributed by atoms with Crippen LogP contribution in [0.15, 0.2) is 54.7 Å². The average molecular weight is 305 g/mol. The molecule has 0 bridgehead atoms. The van der Waals surface area contributed by atoms with Crippen LogP contribution < -0.4 is 5.32 Å². The van der Waals surface area contributed by atoms with Crippen molar-refractivity contribution < 1.29 is 5.11 Å². The fourth-order valence-corrected chi connectivity index (χ4v) is 3.14. The minimum Gasteiger partial charge on any atom is -0.383 e. The van der Waals surface area contributed by atoms with Crippen LogP contribution in [0.2, 0.25) is 0 Å². The minimum atomic E-state index is -0.805. The Morgan fingerprint density at radius 3 is 2.57 bits per heavy atom. The van der Waals surface area contributed by atoms with E-state index in [4.69, 9.17) is 4.98 Å². The molecule has 1 aromatic carbocycles. The topological polar surface area (TPSA) is 58.0 Å². The van der Waals surface area contributed by atoms with Crippen molar-refractivity contribution in [2.75, 3.05) is 13.1 Å². The van der Waals surface area contributed by atoms with Gasteiger partial charge >= 0.3 is 0 Å². The van der Waals surface area contributed by atoms with Crippen LogP contribution in [0.5, 0.6) is 0 Å². The van der Waals surface area contributed by atoms with Crippen molar-refractivity contribution in [2.45, 2.75) is 18.4 Å². The number of rotatable bonds is 2. The van der Waals surface area contributed by atoms with Crippen molar-refractivity contribution in [3.63, 3.8) is 0 Å². The summed E-state index contributed by atoms with van der Waals surface area (Å²) in [5, 5.41) is 15.1. The van der Waals surface area contributed by atoms with E-state index in [-0.39, 0.29) is 0 Å². The molecule has 116 valence electrons. The molecule has 1 aliphatic rings. The lowest BCUT2D eigenvalue weighted by atomic mass is 9.88. The van der Waals surface area contributed by atoms with E-state index in [9.17, 15) is 5.11 Å². The van der Waals surface area contributed by atoms with Gasteiger partial charge in [-0.3, -0.25) is 4.98 Å². The van der Waals surface area contributed by atoms with Crippen molar-refractivity contribution in [2.24, 2.45) is 0 Å². The zero-order valence-electron chi connectivity index (χ0n) is 12.9. The molecular formula is C19H19N3O. The minimum absolute atomic E-state index is 0.702. The Morgan fingerprint density at radius 2 is 1.78 bits per heavy atom. The maximum Gasteiger partial charge on any atom is 0.109 e. The Morgan fingerprint density at radius 1 is 0.957 bits per heavy atom. The summed E-state index contributed by atoms with van der Waals surface area (Å²) in [6, 6.07) is 16.1. The Balaban J connectivity index is 1.66. The Labute approximate surface area is 135 Å². The highest BCUT2D eigenvalue weighted by molar-refractivity contribution is 5.81. The number of hydrogen-bond acceptors (Lipinski definition) is 4. The molecule has 0 atom stereocenters. The summed E-state index contributed by atoms with van der Waals surface area (Å²) < 4.78 is 0. The number of hydrogen-bond donors (Lipinski definition) is 2. The van der Waals surface area contributed by atoms with Gasteiger partial charge < -0.3 is 10.4 Å². The van der Waals surface area contributed by atoms with E-state index in [1.54, 1.807) is 0 Å². The number of aliphatic hydroxyl groups is 1. The molecule has 2 N–H and O–H groups in total. The van der Waals surface area contributed by atoms with E-state index in [2.05, 4.69) is 22.4 Å². The molecule has 4 nitrogen and oxygen atoms in total. The summed E-state index contributed by atoms with van der Waals surface area (Å²) in [4.78, 5) is 9.21. The number of fused-ring (bicyclic) bond motifs is 1. The van der Waals surface area contributed by atoms with Gasteiger partial charge in [0.25, 0.3) is 0 Å². The highest BCUT2D eigenvalue weighted by Crippen LogP contribution is 2.30. The van der Waals surface area contributed by atoms with Crippen molar-refractivity contribution in [3.05, 3.63) is 60.4 Å². The van der Waals surface area contributed by atoms with E-state index in [0.717, 1.165) is 40.9 Å². The smallest absolute Gasteiger partial charge is 0.109 e. The van der Waals surface area contributed by atoms with E-state index in [0.29, 0.717) is 12.8 Å². The second-order valence-electron chi connectivity index (χ2n) is 6.10. The monoisotopic (exact) mass is 305 g/mol. The van der Waals surface area contributed by atoms with Gasteiger partial charge in [0.2, 0.25) is 0 Å². The van der Waals surface area contributed by atoms with Gasteiger partial charge in [0.15, 0.2) is 0 Å². The number of benzene rings is 1. The molecule has 0 saturated carbocycles. The second kappa shape index (κ2) is 5.72. The first kappa shape index (κ1) is 14.3. The zero-order chi connectivity index (χ0) is 15.7. The van der Waals surface area contributed by atoms with Crippen LogP contribution in [0.4, 0.5) is 0 Å². The van der Waals surface area contributed by atoms with Gasteiger partial charge in [-0.25, -0.2) is 4.98 Å². The van der Waals surface area contributed by atoms with Gasteiger partial charge in [-0.15, -0.1) is 0 Å². The molecule has 0 radical (unpaired) electrons. The second-order valence-corrected chi connectivity index (χ2v) is 6.10.